The van der Waals surface area contributed by atoms with E-state index < -0.39 is 0 Å². The lowest BCUT2D eigenvalue weighted by molar-refractivity contribution is -0.134. The van der Waals surface area contributed by atoms with Crippen molar-refractivity contribution in [1.29, 1.82) is 0 Å². The van der Waals surface area contributed by atoms with Crippen LogP contribution in [-0.2, 0) is 4.79 Å². The van der Waals surface area contributed by atoms with Gasteiger partial charge in [-0.25, -0.2) is 0 Å². The minimum absolute atomic E-state index is 0.140. The van der Waals surface area contributed by atoms with Crippen LogP contribution in [-0.4, -0.2) is 22.9 Å². The van der Waals surface area contributed by atoms with Gasteiger partial charge in [-0.15, -0.1) is 0 Å². The fourth-order valence-corrected chi connectivity index (χ4v) is 2.02. The molecule has 0 radical (unpaired) electrons. The molecular formula is C17H25NO. The van der Waals surface area contributed by atoms with Crippen molar-refractivity contribution >= 4 is 12.0 Å². The number of carbonyl (C=O) groups excluding carboxylic acids is 1. The number of hydrogen-bond donors (Lipinski definition) is 0. The van der Waals surface area contributed by atoms with Gasteiger partial charge < -0.3 is 4.90 Å². The van der Waals surface area contributed by atoms with E-state index in [1.165, 1.54) is 11.1 Å². The Balaban J connectivity index is 2.85. The normalized spacial score (nSPS) is 12.4. The van der Waals surface area contributed by atoms with Crippen molar-refractivity contribution in [3.63, 3.8) is 0 Å². The van der Waals surface area contributed by atoms with Gasteiger partial charge in [0.2, 0.25) is 5.91 Å². The van der Waals surface area contributed by atoms with E-state index in [-0.39, 0.29) is 11.4 Å². The maximum atomic E-state index is 12.0. The predicted octanol–water partition coefficient (Wildman–Crippen LogP) is 4.13. The Labute approximate surface area is 117 Å². The van der Waals surface area contributed by atoms with Gasteiger partial charge in [0, 0.05) is 18.5 Å². The van der Waals surface area contributed by atoms with Crippen LogP contribution in [0.25, 0.3) is 6.08 Å². The average Bonchev–Trinajstić information content (AvgIpc) is 2.35. The number of nitrogens with zero attached hydrogens (tertiary/aromatic N) is 1. The third-order valence-corrected chi connectivity index (χ3v) is 3.03. The smallest absolute Gasteiger partial charge is 0.223 e. The van der Waals surface area contributed by atoms with E-state index in [0.717, 1.165) is 0 Å². The van der Waals surface area contributed by atoms with Gasteiger partial charge >= 0.3 is 0 Å². The van der Waals surface area contributed by atoms with Gasteiger partial charge in [-0.2, -0.15) is 0 Å². The molecule has 0 aliphatic heterocycles. The largest absolute Gasteiger partial charge is 0.334 e. The van der Waals surface area contributed by atoms with Gasteiger partial charge in [0.15, 0.2) is 0 Å². The van der Waals surface area contributed by atoms with Crippen molar-refractivity contribution in [2.45, 2.75) is 46.6 Å². The van der Waals surface area contributed by atoms with Crippen LogP contribution in [0.15, 0.2) is 35.9 Å². The molecule has 1 rings (SSSR count). The second-order valence-electron chi connectivity index (χ2n) is 5.91. The first kappa shape index (κ1) is 15.5. The Hall–Kier alpha value is -1.57. The van der Waals surface area contributed by atoms with Crippen LogP contribution in [0.3, 0.4) is 0 Å². The maximum Gasteiger partial charge on any atom is 0.223 e. The molecule has 104 valence electrons. The van der Waals surface area contributed by atoms with E-state index in [1.54, 1.807) is 0 Å². The van der Waals surface area contributed by atoms with Gasteiger partial charge in [0.05, 0.1) is 0 Å². The molecule has 0 heterocycles. The maximum absolute atomic E-state index is 12.0. The number of hydrogen-bond acceptors (Lipinski definition) is 1. The number of carbonyl (C=O) groups is 1. The summed E-state index contributed by atoms with van der Waals surface area (Å²) >= 11 is 0. The SMILES string of the molecule is CCC(=O)N(C/C(C)=C/c1ccccc1)C(C)(C)C. The van der Waals surface area contributed by atoms with Gasteiger partial charge in [0.25, 0.3) is 0 Å². The molecule has 0 N–H and O–H groups in total. The molecule has 0 spiro atoms. The molecule has 1 amide bonds. The molecule has 0 fully saturated rings. The van der Waals surface area contributed by atoms with Crippen LogP contribution >= 0.6 is 0 Å². The van der Waals surface area contributed by atoms with Gasteiger partial charge in [0.1, 0.15) is 0 Å². The van der Waals surface area contributed by atoms with Gasteiger partial charge in [-0.3, -0.25) is 4.79 Å². The number of amides is 1. The molecule has 19 heavy (non-hydrogen) atoms. The molecule has 0 aromatic heterocycles. The first-order valence-corrected chi connectivity index (χ1v) is 6.87. The van der Waals surface area contributed by atoms with Crippen LogP contribution in [0.5, 0.6) is 0 Å². The summed E-state index contributed by atoms with van der Waals surface area (Å²) in [5, 5.41) is 0. The van der Waals surface area contributed by atoms with Crippen LogP contribution in [0.1, 0.15) is 46.6 Å². The van der Waals surface area contributed by atoms with Crippen molar-refractivity contribution < 1.29 is 4.79 Å². The minimum Gasteiger partial charge on any atom is -0.334 e. The fourth-order valence-electron chi connectivity index (χ4n) is 2.02. The molecule has 0 atom stereocenters. The Bertz CT molecular complexity index is 440. The highest BCUT2D eigenvalue weighted by Gasteiger charge is 2.24. The molecular weight excluding hydrogens is 234 g/mol. The van der Waals surface area contributed by atoms with E-state index >= 15 is 0 Å². The van der Waals surface area contributed by atoms with Crippen molar-refractivity contribution in [3.8, 4) is 0 Å². The van der Waals surface area contributed by atoms with Crippen LogP contribution in [0, 0.1) is 0 Å². The highest BCUT2D eigenvalue weighted by Crippen LogP contribution is 2.18. The summed E-state index contributed by atoms with van der Waals surface area (Å²) in [7, 11) is 0. The summed E-state index contributed by atoms with van der Waals surface area (Å²) in [6.45, 7) is 10.9. The number of benzene rings is 1. The minimum atomic E-state index is -0.140. The van der Waals surface area contributed by atoms with Crippen LogP contribution < -0.4 is 0 Å². The van der Waals surface area contributed by atoms with E-state index in [2.05, 4.69) is 45.9 Å². The molecule has 0 unspecified atom stereocenters. The second-order valence-corrected chi connectivity index (χ2v) is 5.91. The van der Waals surface area contributed by atoms with E-state index in [0.29, 0.717) is 13.0 Å². The molecule has 0 aliphatic carbocycles. The summed E-state index contributed by atoms with van der Waals surface area (Å²) in [4.78, 5) is 14.0. The first-order chi connectivity index (χ1) is 8.84. The third-order valence-electron chi connectivity index (χ3n) is 3.03. The lowest BCUT2D eigenvalue weighted by Crippen LogP contribution is -2.46. The Morgan fingerprint density at radius 1 is 1.21 bits per heavy atom. The molecule has 0 saturated carbocycles. The highest BCUT2D eigenvalue weighted by molar-refractivity contribution is 5.77. The van der Waals surface area contributed by atoms with Crippen LogP contribution in [0.4, 0.5) is 0 Å². The Morgan fingerprint density at radius 2 is 1.79 bits per heavy atom. The highest BCUT2D eigenvalue weighted by atomic mass is 16.2. The Kier molecular flexibility index (Phi) is 5.34. The molecule has 0 bridgehead atoms. The topological polar surface area (TPSA) is 20.3 Å². The molecule has 0 saturated heterocycles. The Morgan fingerprint density at radius 3 is 2.26 bits per heavy atom. The number of rotatable bonds is 4. The van der Waals surface area contributed by atoms with E-state index in [9.17, 15) is 4.79 Å². The predicted molar refractivity (Wildman–Crippen MR) is 81.9 cm³/mol. The van der Waals surface area contributed by atoms with Crippen LogP contribution in [0.2, 0.25) is 0 Å². The van der Waals surface area contributed by atoms with Crippen molar-refractivity contribution in [2.75, 3.05) is 6.54 Å². The summed E-state index contributed by atoms with van der Waals surface area (Å²) < 4.78 is 0. The summed E-state index contributed by atoms with van der Waals surface area (Å²) in [6, 6.07) is 10.2. The second kappa shape index (κ2) is 6.55. The zero-order chi connectivity index (χ0) is 14.5. The summed E-state index contributed by atoms with van der Waals surface area (Å²) in [5.74, 6) is 0.202. The zero-order valence-electron chi connectivity index (χ0n) is 12.7. The van der Waals surface area contributed by atoms with Crippen molar-refractivity contribution in [2.24, 2.45) is 0 Å². The van der Waals surface area contributed by atoms with Gasteiger partial charge in [-0.05, 0) is 33.3 Å². The first-order valence-electron chi connectivity index (χ1n) is 6.87. The average molecular weight is 259 g/mol. The lowest BCUT2D eigenvalue weighted by Gasteiger charge is -2.36. The molecule has 0 aliphatic rings. The molecule has 1 aromatic carbocycles. The molecule has 1 aromatic rings. The van der Waals surface area contributed by atoms with Crippen molar-refractivity contribution in [3.05, 3.63) is 41.5 Å². The third kappa shape index (κ3) is 4.90. The monoisotopic (exact) mass is 259 g/mol. The lowest BCUT2D eigenvalue weighted by atomic mass is 10.0. The zero-order valence-corrected chi connectivity index (χ0v) is 12.7. The summed E-state index contributed by atoms with van der Waals surface area (Å²) in [5.41, 5.74) is 2.24. The molecule has 2 nitrogen and oxygen atoms in total. The van der Waals surface area contributed by atoms with Crippen molar-refractivity contribution in [1.82, 2.24) is 4.90 Å². The summed E-state index contributed by atoms with van der Waals surface area (Å²) in [6.07, 6.45) is 2.69. The van der Waals surface area contributed by atoms with E-state index in [1.807, 2.05) is 30.0 Å². The molecule has 2 heteroatoms. The quantitative estimate of drug-likeness (QED) is 0.796. The van der Waals surface area contributed by atoms with Gasteiger partial charge in [-0.1, -0.05) is 48.9 Å². The fraction of sp³-hybridized carbons (Fsp3) is 0.471. The van der Waals surface area contributed by atoms with E-state index in [4.69, 9.17) is 0 Å². The standard InChI is InChI=1S/C17H25NO/c1-6-16(19)18(17(3,4)5)13-14(2)12-15-10-8-7-9-11-15/h7-12H,6,13H2,1-5H3/b14-12+.